The third-order valence-electron chi connectivity index (χ3n) is 8.54. The molecule has 2 unspecified atom stereocenters. The van der Waals surface area contributed by atoms with E-state index >= 15 is 0 Å². The molecule has 1 saturated heterocycles. The van der Waals surface area contributed by atoms with Crippen LogP contribution < -0.4 is 9.64 Å². The van der Waals surface area contributed by atoms with Crippen molar-refractivity contribution in [2.24, 2.45) is 0 Å². The molecule has 5 heteroatoms. The van der Waals surface area contributed by atoms with Crippen LogP contribution in [0.25, 0.3) is 0 Å². The van der Waals surface area contributed by atoms with Crippen molar-refractivity contribution in [3.8, 4) is 5.75 Å². The topological polar surface area (TPSA) is 35.9 Å². The molecule has 0 aromatic heterocycles. The molecule has 0 bridgehead atoms. The Morgan fingerprint density at radius 2 is 1.52 bits per heavy atom. The highest BCUT2D eigenvalue weighted by Gasteiger charge is 2.41. The fraction of sp³-hybridized carbons (Fsp3) is 0.351. The molecule has 0 saturated carbocycles. The predicted octanol–water partition coefficient (Wildman–Crippen LogP) is 7.86. The standard InChI is InChI=1S/C37H43ClN2O2/c1-3-4-25-42-34-19-16-32(17-20-34)37(41,27-30-11-7-5-8-12-30)35(31-13-9-6-10-14-31)28-39-21-23-40(24-22-39)36-26-33(38)18-15-29(36)2/h5-20,26,35,41H,3-4,21-25,27-28H2,1-2H3. The molecule has 1 aliphatic rings. The Labute approximate surface area is 256 Å². The van der Waals surface area contributed by atoms with E-state index in [9.17, 15) is 5.11 Å². The Kier molecular flexibility index (Phi) is 10.2. The van der Waals surface area contributed by atoms with Crippen LogP contribution >= 0.6 is 11.6 Å². The molecular formula is C37H43ClN2O2. The second-order valence-corrected chi connectivity index (χ2v) is 11.9. The van der Waals surface area contributed by atoms with Crippen LogP contribution in [0.15, 0.2) is 103 Å². The zero-order valence-corrected chi connectivity index (χ0v) is 25.6. The van der Waals surface area contributed by atoms with E-state index in [0.717, 1.165) is 73.0 Å². The minimum Gasteiger partial charge on any atom is -0.494 e. The first kappa shape index (κ1) is 30.2. The van der Waals surface area contributed by atoms with Gasteiger partial charge in [-0.2, -0.15) is 0 Å². The highest BCUT2D eigenvalue weighted by molar-refractivity contribution is 6.30. The molecule has 1 aliphatic heterocycles. The number of benzene rings is 4. The van der Waals surface area contributed by atoms with E-state index < -0.39 is 5.60 Å². The highest BCUT2D eigenvalue weighted by Crippen LogP contribution is 2.41. The van der Waals surface area contributed by atoms with Crippen LogP contribution in [0.3, 0.4) is 0 Å². The molecule has 0 spiro atoms. The number of halogens is 1. The Balaban J connectivity index is 1.43. The normalized spacial score (nSPS) is 16.1. The molecule has 0 aliphatic carbocycles. The maximum atomic E-state index is 12.9. The Bertz CT molecular complexity index is 1390. The third kappa shape index (κ3) is 7.36. The van der Waals surface area contributed by atoms with Crippen molar-refractivity contribution in [2.75, 3.05) is 44.2 Å². The molecule has 1 heterocycles. The lowest BCUT2D eigenvalue weighted by Gasteiger charge is -2.43. The zero-order chi connectivity index (χ0) is 29.4. The average Bonchev–Trinajstić information content (AvgIpc) is 3.02. The molecule has 0 radical (unpaired) electrons. The maximum absolute atomic E-state index is 12.9. The van der Waals surface area contributed by atoms with Gasteiger partial charge in [0.1, 0.15) is 11.4 Å². The molecular weight excluding hydrogens is 540 g/mol. The summed E-state index contributed by atoms with van der Waals surface area (Å²) in [6, 6.07) is 35.1. The SMILES string of the molecule is CCCCOc1ccc(C(O)(Cc2ccccc2)C(CN2CCN(c3cc(Cl)ccc3C)CC2)c2ccccc2)cc1. The van der Waals surface area contributed by atoms with Crippen LogP contribution in [0.1, 0.15) is 47.9 Å². The van der Waals surface area contributed by atoms with E-state index in [2.05, 4.69) is 96.4 Å². The molecule has 5 rings (SSSR count). The minimum absolute atomic E-state index is 0.134. The summed E-state index contributed by atoms with van der Waals surface area (Å²) in [6.07, 6.45) is 2.64. The van der Waals surface area contributed by atoms with Gasteiger partial charge in [-0.25, -0.2) is 0 Å². The van der Waals surface area contributed by atoms with Gasteiger partial charge in [0.05, 0.1) is 6.61 Å². The smallest absolute Gasteiger partial charge is 0.119 e. The Morgan fingerprint density at radius 1 is 0.857 bits per heavy atom. The number of hydrogen-bond donors (Lipinski definition) is 1. The first-order chi connectivity index (χ1) is 20.5. The quantitative estimate of drug-likeness (QED) is 0.172. The van der Waals surface area contributed by atoms with Gasteiger partial charge in [0.2, 0.25) is 0 Å². The molecule has 2 atom stereocenters. The van der Waals surface area contributed by atoms with Crippen molar-refractivity contribution in [1.29, 1.82) is 0 Å². The first-order valence-corrected chi connectivity index (χ1v) is 15.6. The predicted molar refractivity (Wildman–Crippen MR) is 175 cm³/mol. The number of nitrogens with zero attached hydrogens (tertiary/aromatic N) is 2. The molecule has 4 aromatic rings. The van der Waals surface area contributed by atoms with Crippen molar-refractivity contribution in [3.63, 3.8) is 0 Å². The largest absolute Gasteiger partial charge is 0.494 e. The fourth-order valence-electron chi connectivity index (χ4n) is 6.08. The molecule has 1 fully saturated rings. The van der Waals surface area contributed by atoms with Gasteiger partial charge < -0.3 is 14.7 Å². The van der Waals surface area contributed by atoms with Crippen LogP contribution in [-0.4, -0.2) is 49.3 Å². The van der Waals surface area contributed by atoms with Crippen LogP contribution in [0.5, 0.6) is 5.75 Å². The molecule has 1 N–H and O–H groups in total. The van der Waals surface area contributed by atoms with E-state index in [1.807, 2.05) is 30.3 Å². The number of piperazine rings is 1. The van der Waals surface area contributed by atoms with E-state index in [1.165, 1.54) is 11.3 Å². The number of aliphatic hydroxyl groups is 1. The van der Waals surface area contributed by atoms with Crippen molar-refractivity contribution in [2.45, 2.75) is 44.6 Å². The number of ether oxygens (including phenoxy) is 1. The molecule has 42 heavy (non-hydrogen) atoms. The van der Waals surface area contributed by atoms with Gasteiger partial charge in [-0.1, -0.05) is 104 Å². The first-order valence-electron chi connectivity index (χ1n) is 15.2. The maximum Gasteiger partial charge on any atom is 0.119 e. The van der Waals surface area contributed by atoms with Gasteiger partial charge >= 0.3 is 0 Å². The number of hydrogen-bond acceptors (Lipinski definition) is 4. The number of aryl methyl sites for hydroxylation is 1. The Morgan fingerprint density at radius 3 is 2.19 bits per heavy atom. The van der Waals surface area contributed by atoms with Crippen molar-refractivity contribution in [1.82, 2.24) is 4.90 Å². The number of unbranched alkanes of at least 4 members (excludes halogenated alkanes) is 1. The van der Waals surface area contributed by atoms with Gasteiger partial charge in [-0.3, -0.25) is 4.90 Å². The van der Waals surface area contributed by atoms with Crippen molar-refractivity contribution in [3.05, 3.63) is 130 Å². The van der Waals surface area contributed by atoms with E-state index in [4.69, 9.17) is 16.3 Å². The van der Waals surface area contributed by atoms with Crippen LogP contribution in [-0.2, 0) is 12.0 Å². The lowest BCUT2D eigenvalue weighted by atomic mass is 9.73. The van der Waals surface area contributed by atoms with E-state index in [1.54, 1.807) is 0 Å². The fourth-order valence-corrected chi connectivity index (χ4v) is 6.24. The monoisotopic (exact) mass is 582 g/mol. The van der Waals surface area contributed by atoms with Crippen LogP contribution in [0.4, 0.5) is 5.69 Å². The van der Waals surface area contributed by atoms with Gasteiger partial charge in [-0.05, 0) is 59.9 Å². The molecule has 4 aromatic carbocycles. The summed E-state index contributed by atoms with van der Waals surface area (Å²) in [7, 11) is 0. The summed E-state index contributed by atoms with van der Waals surface area (Å²) < 4.78 is 5.96. The summed E-state index contributed by atoms with van der Waals surface area (Å²) in [5, 5.41) is 13.7. The van der Waals surface area contributed by atoms with E-state index in [-0.39, 0.29) is 5.92 Å². The molecule has 4 nitrogen and oxygen atoms in total. The average molecular weight is 583 g/mol. The number of anilines is 1. The minimum atomic E-state index is -1.12. The number of rotatable bonds is 12. The third-order valence-corrected chi connectivity index (χ3v) is 8.78. The Hall–Kier alpha value is -3.31. The molecule has 0 amide bonds. The summed E-state index contributed by atoms with van der Waals surface area (Å²) >= 11 is 6.34. The van der Waals surface area contributed by atoms with E-state index in [0.29, 0.717) is 13.0 Å². The highest BCUT2D eigenvalue weighted by atomic mass is 35.5. The van der Waals surface area contributed by atoms with Crippen molar-refractivity contribution >= 4 is 17.3 Å². The summed E-state index contributed by atoms with van der Waals surface area (Å²) in [5.74, 6) is 0.711. The van der Waals surface area contributed by atoms with Crippen molar-refractivity contribution < 1.29 is 9.84 Å². The van der Waals surface area contributed by atoms with Crippen LogP contribution in [0.2, 0.25) is 5.02 Å². The molecule has 220 valence electrons. The van der Waals surface area contributed by atoms with Gasteiger partial charge in [0, 0.05) is 55.8 Å². The second-order valence-electron chi connectivity index (χ2n) is 11.5. The zero-order valence-electron chi connectivity index (χ0n) is 24.9. The second kappa shape index (κ2) is 14.2. The lowest BCUT2D eigenvalue weighted by molar-refractivity contribution is -0.00554. The van der Waals surface area contributed by atoms with Crippen LogP contribution in [0, 0.1) is 6.92 Å². The lowest BCUT2D eigenvalue weighted by Crippen LogP contribution is -2.50. The summed E-state index contributed by atoms with van der Waals surface area (Å²) in [6.45, 7) is 9.45. The van der Waals surface area contributed by atoms with Gasteiger partial charge in [0.15, 0.2) is 0 Å². The van der Waals surface area contributed by atoms with Gasteiger partial charge in [0.25, 0.3) is 0 Å². The van der Waals surface area contributed by atoms with Gasteiger partial charge in [-0.15, -0.1) is 0 Å². The summed E-state index contributed by atoms with van der Waals surface area (Å²) in [4.78, 5) is 4.94. The summed E-state index contributed by atoms with van der Waals surface area (Å²) in [5.41, 5.74) is 4.51.